The average Bonchev–Trinajstić information content (AvgIpc) is 3.34. The molecule has 5 nitrogen and oxygen atoms in total. The number of likely N-dealkylation sites (tertiary alicyclic amines) is 1. The van der Waals surface area contributed by atoms with Crippen molar-refractivity contribution in [1.82, 2.24) is 14.4 Å². The lowest BCUT2D eigenvalue weighted by atomic mass is 9.93. The quantitative estimate of drug-likeness (QED) is 0.823. The summed E-state index contributed by atoms with van der Waals surface area (Å²) in [6.45, 7) is 5.28. The molecule has 2 fully saturated rings. The molecule has 0 radical (unpaired) electrons. The summed E-state index contributed by atoms with van der Waals surface area (Å²) in [5.41, 5.74) is 2.73. The van der Waals surface area contributed by atoms with Crippen LogP contribution in [0, 0.1) is 5.92 Å². The summed E-state index contributed by atoms with van der Waals surface area (Å²) in [5.74, 6) is 2.15. The number of ether oxygens (including phenoxy) is 2. The molecule has 2 aliphatic rings. The van der Waals surface area contributed by atoms with Gasteiger partial charge in [0, 0.05) is 62.3 Å². The van der Waals surface area contributed by atoms with Crippen LogP contribution in [-0.4, -0.2) is 74.5 Å². The van der Waals surface area contributed by atoms with Crippen molar-refractivity contribution in [3.63, 3.8) is 0 Å². The summed E-state index contributed by atoms with van der Waals surface area (Å²) >= 11 is 0. The van der Waals surface area contributed by atoms with E-state index < -0.39 is 0 Å². The van der Waals surface area contributed by atoms with Crippen molar-refractivity contribution in [3.8, 4) is 5.75 Å². The lowest BCUT2D eigenvalue weighted by Crippen LogP contribution is -2.35. The standard InChI is InChI=1S/C21H31N3O2/c1-22(2)21-13-24(10-15-7-8-26-14-15)12-19(21)18-11-23(3)20-6-5-16(25-4)9-17(18)20/h5-6,9,11,15,19,21H,7-8,10,12-14H2,1-4H3/t15-,19+,21-/m1/s1. The van der Waals surface area contributed by atoms with Gasteiger partial charge < -0.3 is 23.8 Å². The molecule has 0 N–H and O–H groups in total. The number of aryl methyl sites for hydroxylation is 1. The molecule has 3 atom stereocenters. The van der Waals surface area contributed by atoms with Gasteiger partial charge in [-0.15, -0.1) is 0 Å². The monoisotopic (exact) mass is 357 g/mol. The van der Waals surface area contributed by atoms with Crippen LogP contribution in [0.25, 0.3) is 10.9 Å². The van der Waals surface area contributed by atoms with Crippen LogP contribution in [0.5, 0.6) is 5.75 Å². The molecule has 142 valence electrons. The van der Waals surface area contributed by atoms with Crippen molar-refractivity contribution in [2.45, 2.75) is 18.4 Å². The molecule has 0 spiro atoms. The molecule has 2 aromatic rings. The van der Waals surface area contributed by atoms with Gasteiger partial charge in [-0.2, -0.15) is 0 Å². The minimum absolute atomic E-state index is 0.517. The molecule has 2 saturated heterocycles. The molecule has 26 heavy (non-hydrogen) atoms. The van der Waals surface area contributed by atoms with Crippen LogP contribution < -0.4 is 4.74 Å². The number of benzene rings is 1. The Bertz CT molecular complexity index is 764. The highest BCUT2D eigenvalue weighted by atomic mass is 16.5. The number of aromatic nitrogens is 1. The highest BCUT2D eigenvalue weighted by Crippen LogP contribution is 2.37. The topological polar surface area (TPSA) is 29.9 Å². The van der Waals surface area contributed by atoms with Gasteiger partial charge in [-0.25, -0.2) is 0 Å². The van der Waals surface area contributed by atoms with Gasteiger partial charge >= 0.3 is 0 Å². The van der Waals surface area contributed by atoms with Gasteiger partial charge in [0.25, 0.3) is 0 Å². The number of methoxy groups -OCH3 is 1. The first-order valence-corrected chi connectivity index (χ1v) is 9.66. The van der Waals surface area contributed by atoms with Crippen LogP contribution in [0.2, 0.25) is 0 Å². The number of rotatable bonds is 5. The molecular weight excluding hydrogens is 326 g/mol. The average molecular weight is 357 g/mol. The molecule has 0 saturated carbocycles. The van der Waals surface area contributed by atoms with Crippen molar-refractivity contribution >= 4 is 10.9 Å². The summed E-state index contributed by atoms with van der Waals surface area (Å²) in [7, 11) is 8.32. The summed E-state index contributed by atoms with van der Waals surface area (Å²) in [4.78, 5) is 5.04. The normalized spacial score (nSPS) is 27.0. The van der Waals surface area contributed by atoms with Crippen LogP contribution in [0.15, 0.2) is 24.4 Å². The Labute approximate surface area is 156 Å². The summed E-state index contributed by atoms with van der Waals surface area (Å²) in [6, 6.07) is 6.96. The van der Waals surface area contributed by atoms with Gasteiger partial charge in [0.05, 0.1) is 13.7 Å². The Morgan fingerprint density at radius 2 is 2.12 bits per heavy atom. The Kier molecular flexibility index (Phi) is 4.95. The number of fused-ring (bicyclic) bond motifs is 1. The first-order chi connectivity index (χ1) is 12.6. The molecule has 0 bridgehead atoms. The first-order valence-electron chi connectivity index (χ1n) is 9.66. The highest BCUT2D eigenvalue weighted by Gasteiger charge is 2.37. The van der Waals surface area contributed by atoms with Crippen molar-refractivity contribution in [2.75, 3.05) is 54.1 Å². The molecular formula is C21H31N3O2. The summed E-state index contributed by atoms with van der Waals surface area (Å²) < 4.78 is 13.3. The van der Waals surface area contributed by atoms with E-state index in [0.717, 1.165) is 38.6 Å². The molecule has 0 unspecified atom stereocenters. The third kappa shape index (κ3) is 3.24. The van der Waals surface area contributed by atoms with Gasteiger partial charge in [-0.3, -0.25) is 0 Å². The lowest BCUT2D eigenvalue weighted by molar-refractivity contribution is 0.171. The van der Waals surface area contributed by atoms with Crippen LogP contribution in [0.1, 0.15) is 17.9 Å². The van der Waals surface area contributed by atoms with E-state index in [9.17, 15) is 0 Å². The molecule has 2 aliphatic heterocycles. The smallest absolute Gasteiger partial charge is 0.119 e. The molecule has 4 rings (SSSR count). The maximum atomic E-state index is 5.59. The third-order valence-corrected chi connectivity index (χ3v) is 6.20. The van der Waals surface area contributed by atoms with Crippen molar-refractivity contribution in [1.29, 1.82) is 0 Å². The minimum atomic E-state index is 0.517. The van der Waals surface area contributed by atoms with Crippen LogP contribution in [-0.2, 0) is 11.8 Å². The fourth-order valence-corrected chi connectivity index (χ4v) is 4.76. The number of likely N-dealkylation sites (N-methyl/N-ethyl adjacent to an activating group) is 1. The van der Waals surface area contributed by atoms with Crippen LogP contribution >= 0.6 is 0 Å². The fraction of sp³-hybridized carbons (Fsp3) is 0.619. The van der Waals surface area contributed by atoms with E-state index in [2.05, 4.69) is 59.9 Å². The van der Waals surface area contributed by atoms with E-state index in [1.54, 1.807) is 7.11 Å². The Morgan fingerprint density at radius 3 is 2.81 bits per heavy atom. The van der Waals surface area contributed by atoms with Gasteiger partial charge in [-0.1, -0.05) is 0 Å². The fourth-order valence-electron chi connectivity index (χ4n) is 4.76. The van der Waals surface area contributed by atoms with Crippen molar-refractivity contribution in [3.05, 3.63) is 30.0 Å². The van der Waals surface area contributed by atoms with Crippen LogP contribution in [0.4, 0.5) is 0 Å². The van der Waals surface area contributed by atoms with Crippen molar-refractivity contribution in [2.24, 2.45) is 13.0 Å². The zero-order valence-corrected chi connectivity index (χ0v) is 16.4. The molecule has 1 aromatic carbocycles. The molecule has 5 heteroatoms. The number of hydrogen-bond donors (Lipinski definition) is 0. The third-order valence-electron chi connectivity index (χ3n) is 6.20. The molecule has 1 aromatic heterocycles. The predicted octanol–water partition coefficient (Wildman–Crippen LogP) is 2.55. The maximum Gasteiger partial charge on any atom is 0.119 e. The van der Waals surface area contributed by atoms with E-state index in [-0.39, 0.29) is 0 Å². The van der Waals surface area contributed by atoms with Gasteiger partial charge in [0.2, 0.25) is 0 Å². The van der Waals surface area contributed by atoms with Gasteiger partial charge in [-0.05, 0) is 50.2 Å². The largest absolute Gasteiger partial charge is 0.497 e. The van der Waals surface area contributed by atoms with E-state index >= 15 is 0 Å². The van der Waals surface area contributed by atoms with E-state index in [4.69, 9.17) is 9.47 Å². The number of hydrogen-bond acceptors (Lipinski definition) is 4. The Morgan fingerprint density at radius 1 is 1.27 bits per heavy atom. The Hall–Kier alpha value is -1.56. The lowest BCUT2D eigenvalue weighted by Gasteiger charge is -2.25. The van der Waals surface area contributed by atoms with Gasteiger partial charge in [0.15, 0.2) is 0 Å². The zero-order valence-electron chi connectivity index (χ0n) is 16.4. The van der Waals surface area contributed by atoms with Crippen molar-refractivity contribution < 1.29 is 9.47 Å². The second-order valence-electron chi connectivity index (χ2n) is 8.16. The molecule has 0 amide bonds. The highest BCUT2D eigenvalue weighted by molar-refractivity contribution is 5.86. The van der Waals surface area contributed by atoms with Gasteiger partial charge in [0.1, 0.15) is 5.75 Å². The summed E-state index contributed by atoms with van der Waals surface area (Å²) in [5, 5.41) is 1.33. The second kappa shape index (κ2) is 7.22. The maximum absolute atomic E-state index is 5.59. The number of nitrogens with zero attached hydrogens (tertiary/aromatic N) is 3. The van der Waals surface area contributed by atoms with E-state index in [0.29, 0.717) is 17.9 Å². The molecule has 0 aliphatic carbocycles. The second-order valence-corrected chi connectivity index (χ2v) is 8.16. The Balaban J connectivity index is 1.65. The van der Waals surface area contributed by atoms with E-state index in [1.807, 2.05) is 0 Å². The summed E-state index contributed by atoms with van der Waals surface area (Å²) in [6.07, 6.45) is 3.53. The minimum Gasteiger partial charge on any atom is -0.497 e. The van der Waals surface area contributed by atoms with E-state index in [1.165, 1.54) is 22.9 Å². The first kappa shape index (κ1) is 17.8. The predicted molar refractivity (Wildman–Crippen MR) is 105 cm³/mol. The SMILES string of the molecule is COc1ccc2c(c1)c([C@@H]1CN(C[C@H]3CCOC3)C[C@H]1N(C)C)cn2C. The molecule has 3 heterocycles. The van der Waals surface area contributed by atoms with Crippen LogP contribution in [0.3, 0.4) is 0 Å². The zero-order chi connectivity index (χ0) is 18.3.